The Kier molecular flexibility index (Phi) is 3.88. The first-order valence-corrected chi connectivity index (χ1v) is 7.76. The van der Waals surface area contributed by atoms with Crippen LogP contribution in [0.3, 0.4) is 0 Å². The summed E-state index contributed by atoms with van der Waals surface area (Å²) in [5.74, 6) is 0.529. The zero-order valence-electron chi connectivity index (χ0n) is 13.4. The molecule has 1 heterocycles. The molecule has 0 saturated heterocycles. The summed E-state index contributed by atoms with van der Waals surface area (Å²) in [6.45, 7) is 6.38. The number of hydrogen-bond donors (Lipinski definition) is 2. The van der Waals surface area contributed by atoms with Gasteiger partial charge in [0.1, 0.15) is 0 Å². The molecule has 2 aromatic rings. The molecule has 0 fully saturated rings. The Labute approximate surface area is 132 Å². The van der Waals surface area contributed by atoms with Gasteiger partial charge in [-0.15, -0.1) is 0 Å². The van der Waals surface area contributed by atoms with E-state index in [-0.39, 0.29) is 12.1 Å². The van der Waals surface area contributed by atoms with Gasteiger partial charge in [0.25, 0.3) is 0 Å². The van der Waals surface area contributed by atoms with Crippen LogP contribution >= 0.6 is 0 Å². The molecule has 3 heteroatoms. The van der Waals surface area contributed by atoms with Gasteiger partial charge in [-0.25, -0.2) is 4.99 Å². The maximum absolute atomic E-state index is 6.04. The second-order valence-electron chi connectivity index (χ2n) is 6.23. The topological polar surface area (TPSA) is 50.4 Å². The van der Waals surface area contributed by atoms with Crippen LogP contribution in [-0.2, 0) is 0 Å². The molecule has 22 heavy (non-hydrogen) atoms. The standard InChI is InChI=1S/C19H23N3/c1-12-4-7-15(8-5-12)17-11-18(22-19(20)21-17)16-9-6-13(2)10-14(16)3/h4-10,17-18H,11H2,1-3H3,(H3,20,21,22). The van der Waals surface area contributed by atoms with Crippen molar-refractivity contribution >= 4 is 5.96 Å². The molecular formula is C19H23N3. The smallest absolute Gasteiger partial charge is 0.189 e. The van der Waals surface area contributed by atoms with Crippen LogP contribution in [-0.4, -0.2) is 5.96 Å². The molecule has 3 N–H and O–H groups in total. The van der Waals surface area contributed by atoms with Crippen LogP contribution in [0.4, 0.5) is 0 Å². The van der Waals surface area contributed by atoms with E-state index in [0.29, 0.717) is 5.96 Å². The van der Waals surface area contributed by atoms with Gasteiger partial charge in [0.15, 0.2) is 5.96 Å². The van der Waals surface area contributed by atoms with E-state index in [0.717, 1.165) is 6.42 Å². The lowest BCUT2D eigenvalue weighted by Crippen LogP contribution is -2.39. The van der Waals surface area contributed by atoms with Crippen molar-refractivity contribution in [2.45, 2.75) is 39.3 Å². The number of nitrogens with zero attached hydrogens (tertiary/aromatic N) is 1. The van der Waals surface area contributed by atoms with E-state index >= 15 is 0 Å². The quantitative estimate of drug-likeness (QED) is 0.887. The number of aryl methyl sites for hydroxylation is 3. The minimum atomic E-state index is 0.118. The van der Waals surface area contributed by atoms with E-state index in [4.69, 9.17) is 5.73 Å². The van der Waals surface area contributed by atoms with Crippen molar-refractivity contribution in [1.82, 2.24) is 5.32 Å². The average molecular weight is 293 g/mol. The zero-order chi connectivity index (χ0) is 15.7. The van der Waals surface area contributed by atoms with Gasteiger partial charge in [-0.2, -0.15) is 0 Å². The first-order valence-electron chi connectivity index (χ1n) is 7.76. The number of nitrogens with two attached hydrogens (primary N) is 1. The molecule has 0 aromatic heterocycles. The van der Waals surface area contributed by atoms with Crippen LogP contribution in [0.5, 0.6) is 0 Å². The second-order valence-corrected chi connectivity index (χ2v) is 6.23. The van der Waals surface area contributed by atoms with Crippen LogP contribution in [0.25, 0.3) is 0 Å². The third-order valence-corrected chi connectivity index (χ3v) is 4.34. The highest BCUT2D eigenvalue weighted by atomic mass is 15.1. The van der Waals surface area contributed by atoms with Gasteiger partial charge in [0.2, 0.25) is 0 Å². The van der Waals surface area contributed by atoms with Gasteiger partial charge >= 0.3 is 0 Å². The SMILES string of the molecule is Cc1ccc(C2CC(c3ccc(C)cc3C)NC(N)=N2)cc1. The largest absolute Gasteiger partial charge is 0.370 e. The Morgan fingerprint density at radius 1 is 1.00 bits per heavy atom. The van der Waals surface area contributed by atoms with Crippen molar-refractivity contribution in [2.24, 2.45) is 10.7 Å². The summed E-state index contributed by atoms with van der Waals surface area (Å²) in [6.07, 6.45) is 0.924. The van der Waals surface area contributed by atoms with Crippen molar-refractivity contribution in [3.8, 4) is 0 Å². The highest BCUT2D eigenvalue weighted by Gasteiger charge is 2.25. The van der Waals surface area contributed by atoms with Crippen molar-refractivity contribution in [3.05, 3.63) is 70.3 Å². The van der Waals surface area contributed by atoms with Crippen molar-refractivity contribution < 1.29 is 0 Å². The van der Waals surface area contributed by atoms with Gasteiger partial charge in [-0.05, 0) is 43.9 Å². The maximum atomic E-state index is 6.04. The fraction of sp³-hybridized carbons (Fsp3) is 0.316. The Balaban J connectivity index is 1.90. The van der Waals surface area contributed by atoms with Crippen molar-refractivity contribution in [2.75, 3.05) is 0 Å². The lowest BCUT2D eigenvalue weighted by atomic mass is 9.91. The zero-order valence-corrected chi connectivity index (χ0v) is 13.4. The Morgan fingerprint density at radius 2 is 1.68 bits per heavy atom. The highest BCUT2D eigenvalue weighted by molar-refractivity contribution is 5.79. The molecule has 1 aliphatic heterocycles. The van der Waals surface area contributed by atoms with E-state index in [1.165, 1.54) is 27.8 Å². The summed E-state index contributed by atoms with van der Waals surface area (Å²) in [4.78, 5) is 4.59. The van der Waals surface area contributed by atoms with Crippen LogP contribution in [0, 0.1) is 20.8 Å². The van der Waals surface area contributed by atoms with Crippen LogP contribution in [0.15, 0.2) is 47.5 Å². The molecule has 0 radical (unpaired) electrons. The average Bonchev–Trinajstić information content (AvgIpc) is 2.47. The summed E-state index contributed by atoms with van der Waals surface area (Å²) in [6, 6.07) is 15.5. The molecule has 3 rings (SSSR count). The summed E-state index contributed by atoms with van der Waals surface area (Å²) in [7, 11) is 0. The lowest BCUT2D eigenvalue weighted by molar-refractivity contribution is 0.485. The van der Waals surface area contributed by atoms with Gasteiger partial charge in [-0.1, -0.05) is 53.6 Å². The van der Waals surface area contributed by atoms with Crippen LogP contribution < -0.4 is 11.1 Å². The molecule has 1 aliphatic rings. The van der Waals surface area contributed by atoms with Gasteiger partial charge in [0, 0.05) is 0 Å². The Hall–Kier alpha value is -2.29. The minimum Gasteiger partial charge on any atom is -0.370 e. The van der Waals surface area contributed by atoms with E-state index in [1.54, 1.807) is 0 Å². The predicted molar refractivity (Wildman–Crippen MR) is 92.0 cm³/mol. The fourth-order valence-electron chi connectivity index (χ4n) is 3.14. The summed E-state index contributed by atoms with van der Waals surface area (Å²) in [5, 5.41) is 3.33. The fourth-order valence-corrected chi connectivity index (χ4v) is 3.14. The molecule has 0 spiro atoms. The van der Waals surface area contributed by atoms with E-state index in [2.05, 4.69) is 73.5 Å². The maximum Gasteiger partial charge on any atom is 0.189 e. The summed E-state index contributed by atoms with van der Waals surface area (Å²) >= 11 is 0. The molecule has 0 bridgehead atoms. The van der Waals surface area contributed by atoms with Crippen molar-refractivity contribution in [1.29, 1.82) is 0 Å². The number of guanidine groups is 1. The number of benzene rings is 2. The summed E-state index contributed by atoms with van der Waals surface area (Å²) in [5.41, 5.74) is 12.4. The third kappa shape index (κ3) is 2.98. The number of rotatable bonds is 2. The molecule has 114 valence electrons. The molecule has 2 unspecified atom stereocenters. The van der Waals surface area contributed by atoms with Gasteiger partial charge < -0.3 is 11.1 Å². The van der Waals surface area contributed by atoms with Gasteiger partial charge in [0.05, 0.1) is 12.1 Å². The van der Waals surface area contributed by atoms with E-state index in [1.807, 2.05) is 0 Å². The molecule has 0 amide bonds. The normalized spacial score (nSPS) is 21.1. The van der Waals surface area contributed by atoms with Crippen LogP contribution in [0.2, 0.25) is 0 Å². The molecule has 2 atom stereocenters. The highest BCUT2D eigenvalue weighted by Crippen LogP contribution is 2.33. The Bertz CT molecular complexity index is 701. The first kappa shape index (κ1) is 14.6. The minimum absolute atomic E-state index is 0.118. The van der Waals surface area contributed by atoms with Crippen LogP contribution in [0.1, 0.15) is 46.3 Å². The number of aliphatic imine (C=N–C) groups is 1. The molecule has 0 aliphatic carbocycles. The molecule has 2 aromatic carbocycles. The summed E-state index contributed by atoms with van der Waals surface area (Å²) < 4.78 is 0. The third-order valence-electron chi connectivity index (χ3n) is 4.34. The first-order chi connectivity index (χ1) is 10.5. The van der Waals surface area contributed by atoms with Crippen molar-refractivity contribution in [3.63, 3.8) is 0 Å². The lowest BCUT2D eigenvalue weighted by Gasteiger charge is -2.30. The monoisotopic (exact) mass is 293 g/mol. The Morgan fingerprint density at radius 3 is 2.36 bits per heavy atom. The molecule has 0 saturated carbocycles. The van der Waals surface area contributed by atoms with E-state index in [9.17, 15) is 0 Å². The van der Waals surface area contributed by atoms with E-state index < -0.39 is 0 Å². The number of hydrogen-bond acceptors (Lipinski definition) is 3. The van der Waals surface area contributed by atoms with Gasteiger partial charge in [-0.3, -0.25) is 0 Å². The molecular weight excluding hydrogens is 270 g/mol. The second kappa shape index (κ2) is 5.84. The number of nitrogens with one attached hydrogen (secondary N) is 1. The predicted octanol–water partition coefficient (Wildman–Crippen LogP) is 3.70. The molecule has 3 nitrogen and oxygen atoms in total.